The van der Waals surface area contributed by atoms with Crippen molar-refractivity contribution < 1.29 is 19.1 Å². The molecule has 1 aromatic heterocycles. The van der Waals surface area contributed by atoms with Gasteiger partial charge in [-0.3, -0.25) is 4.79 Å². The highest BCUT2D eigenvalue weighted by Gasteiger charge is 2.20. The minimum absolute atomic E-state index is 0.0519. The zero-order valence-electron chi connectivity index (χ0n) is 16.8. The average Bonchev–Trinajstić information content (AvgIpc) is 2.99. The van der Waals surface area contributed by atoms with Gasteiger partial charge in [-0.25, -0.2) is 14.3 Å². The van der Waals surface area contributed by atoms with E-state index in [9.17, 15) is 9.59 Å². The first-order chi connectivity index (χ1) is 13.2. The van der Waals surface area contributed by atoms with Crippen LogP contribution in [0.4, 0.5) is 10.7 Å². The smallest absolute Gasteiger partial charge is 0.421 e. The van der Waals surface area contributed by atoms with Crippen molar-refractivity contribution in [2.24, 2.45) is 0 Å². The number of nitrogens with zero attached hydrogens (tertiary/aromatic N) is 2. The number of nitrogens with one attached hydrogen (secondary N) is 1. The molecular formula is C20H28N4O4. The lowest BCUT2D eigenvalue weighted by atomic mass is 10.1. The van der Waals surface area contributed by atoms with Gasteiger partial charge < -0.3 is 20.5 Å². The van der Waals surface area contributed by atoms with Gasteiger partial charge in [0.2, 0.25) is 11.9 Å². The molecule has 0 bridgehead atoms. The van der Waals surface area contributed by atoms with Crippen LogP contribution in [0.2, 0.25) is 0 Å². The molecule has 0 aliphatic carbocycles. The predicted molar refractivity (Wildman–Crippen MR) is 106 cm³/mol. The molecule has 152 valence electrons. The summed E-state index contributed by atoms with van der Waals surface area (Å²) in [5.41, 5.74) is 6.78. The Morgan fingerprint density at radius 3 is 2.50 bits per heavy atom. The number of nitrogen functional groups attached to an aromatic ring is 1. The lowest BCUT2D eigenvalue weighted by Crippen LogP contribution is -2.27. The van der Waals surface area contributed by atoms with Crippen LogP contribution in [-0.4, -0.2) is 40.8 Å². The normalized spacial score (nSPS) is 11.1. The van der Waals surface area contributed by atoms with E-state index >= 15 is 0 Å². The number of hydrogen-bond donors (Lipinski definition) is 2. The fourth-order valence-electron chi connectivity index (χ4n) is 2.51. The van der Waals surface area contributed by atoms with Gasteiger partial charge in [-0.1, -0.05) is 12.1 Å². The van der Waals surface area contributed by atoms with E-state index in [4.69, 9.17) is 15.2 Å². The Morgan fingerprint density at radius 1 is 1.21 bits per heavy atom. The monoisotopic (exact) mass is 388 g/mol. The Morgan fingerprint density at radius 2 is 1.89 bits per heavy atom. The number of carbonyl (C=O) groups is 2. The zero-order chi connectivity index (χ0) is 20.7. The van der Waals surface area contributed by atoms with Crippen LogP contribution in [0, 0.1) is 0 Å². The molecule has 0 saturated carbocycles. The van der Waals surface area contributed by atoms with Crippen molar-refractivity contribution in [2.75, 3.05) is 19.4 Å². The fourth-order valence-corrected chi connectivity index (χ4v) is 2.51. The number of nitrogens with two attached hydrogens (primary N) is 1. The molecule has 8 heteroatoms. The minimum atomic E-state index is -0.609. The average molecular weight is 388 g/mol. The van der Waals surface area contributed by atoms with Crippen LogP contribution >= 0.6 is 0 Å². The largest absolute Gasteiger partial charge is 0.497 e. The topological polar surface area (TPSA) is 108 Å². The molecule has 0 unspecified atom stereocenters. The number of amides is 1. The van der Waals surface area contributed by atoms with Crippen LogP contribution in [0.3, 0.4) is 0 Å². The molecule has 0 aliphatic rings. The van der Waals surface area contributed by atoms with Crippen LogP contribution in [0.1, 0.15) is 38.4 Å². The molecule has 1 heterocycles. The summed E-state index contributed by atoms with van der Waals surface area (Å²) < 4.78 is 11.6. The molecule has 2 aromatic rings. The number of aromatic nitrogens is 2. The van der Waals surface area contributed by atoms with E-state index in [1.807, 2.05) is 24.3 Å². The maximum absolute atomic E-state index is 12.1. The lowest BCUT2D eigenvalue weighted by Gasteiger charge is -2.19. The lowest BCUT2D eigenvalue weighted by molar-refractivity contribution is -0.120. The molecule has 0 saturated heterocycles. The summed E-state index contributed by atoms with van der Waals surface area (Å²) in [6.07, 6.45) is 2.59. The summed E-state index contributed by atoms with van der Waals surface area (Å²) in [5, 5.41) is 2.88. The number of aryl methyl sites for hydroxylation is 1. The van der Waals surface area contributed by atoms with E-state index in [-0.39, 0.29) is 11.9 Å². The van der Waals surface area contributed by atoms with Gasteiger partial charge in [0.25, 0.3) is 0 Å². The van der Waals surface area contributed by atoms with Crippen LogP contribution < -0.4 is 15.8 Å². The van der Waals surface area contributed by atoms with Gasteiger partial charge in [0.1, 0.15) is 11.4 Å². The first-order valence-electron chi connectivity index (χ1n) is 9.14. The summed E-state index contributed by atoms with van der Waals surface area (Å²) >= 11 is 0. The number of rotatable bonds is 7. The standard InChI is InChI=1S/C20H28N4O4/c1-20(2,3)28-19(26)24-13-15(23-18(24)21)6-5-11-22-17(25)12-14-7-9-16(27-4)10-8-14/h7-10,13H,5-6,11-12H2,1-4H3,(H2,21,23)(H,22,25). The number of methoxy groups -OCH3 is 1. The van der Waals surface area contributed by atoms with Crippen LogP contribution in [0.25, 0.3) is 0 Å². The van der Waals surface area contributed by atoms with Crippen molar-refractivity contribution in [3.8, 4) is 5.75 Å². The minimum Gasteiger partial charge on any atom is -0.497 e. The van der Waals surface area contributed by atoms with Crippen molar-refractivity contribution >= 4 is 17.9 Å². The highest BCUT2D eigenvalue weighted by atomic mass is 16.6. The zero-order valence-corrected chi connectivity index (χ0v) is 16.8. The van der Waals surface area contributed by atoms with Gasteiger partial charge in [0.15, 0.2) is 0 Å². The number of carbonyl (C=O) groups excluding carboxylic acids is 2. The molecule has 0 radical (unpaired) electrons. The molecule has 8 nitrogen and oxygen atoms in total. The Bertz CT molecular complexity index is 807. The van der Waals surface area contributed by atoms with E-state index in [2.05, 4.69) is 10.3 Å². The van der Waals surface area contributed by atoms with E-state index < -0.39 is 11.7 Å². The molecule has 0 aliphatic heterocycles. The van der Waals surface area contributed by atoms with E-state index in [1.54, 1.807) is 34.1 Å². The predicted octanol–water partition coefficient (Wildman–Crippen LogP) is 2.55. The highest BCUT2D eigenvalue weighted by Crippen LogP contribution is 2.14. The molecule has 3 N–H and O–H groups in total. The molecule has 2 rings (SSSR count). The maximum Gasteiger partial charge on any atom is 0.421 e. The van der Waals surface area contributed by atoms with Crippen LogP contribution in [0.15, 0.2) is 30.5 Å². The number of imidazole rings is 1. The van der Waals surface area contributed by atoms with Gasteiger partial charge in [-0.05, 0) is 51.3 Å². The third-order valence-corrected chi connectivity index (χ3v) is 3.83. The number of anilines is 1. The van der Waals surface area contributed by atoms with E-state index in [0.717, 1.165) is 11.3 Å². The van der Waals surface area contributed by atoms with Crippen molar-refractivity contribution in [3.05, 3.63) is 41.7 Å². The van der Waals surface area contributed by atoms with Gasteiger partial charge >= 0.3 is 6.09 Å². The summed E-state index contributed by atoms with van der Waals surface area (Å²) in [7, 11) is 1.60. The molecule has 0 atom stereocenters. The first kappa shape index (κ1) is 21.3. The molecular weight excluding hydrogens is 360 g/mol. The summed E-state index contributed by atoms with van der Waals surface area (Å²) in [6.45, 7) is 5.86. The van der Waals surface area contributed by atoms with E-state index in [0.29, 0.717) is 31.5 Å². The quantitative estimate of drug-likeness (QED) is 0.706. The van der Waals surface area contributed by atoms with Crippen molar-refractivity contribution in [2.45, 2.75) is 45.6 Å². The van der Waals surface area contributed by atoms with Gasteiger partial charge in [-0.2, -0.15) is 0 Å². The first-order valence-corrected chi connectivity index (χ1v) is 9.14. The van der Waals surface area contributed by atoms with Gasteiger partial charge in [0, 0.05) is 12.7 Å². The van der Waals surface area contributed by atoms with Gasteiger partial charge in [0.05, 0.1) is 19.2 Å². The summed E-state index contributed by atoms with van der Waals surface area (Å²) in [6, 6.07) is 7.39. The van der Waals surface area contributed by atoms with Gasteiger partial charge in [-0.15, -0.1) is 0 Å². The number of benzene rings is 1. The summed E-state index contributed by atoms with van der Waals surface area (Å²) in [5.74, 6) is 0.797. The Balaban J connectivity index is 1.76. The third-order valence-electron chi connectivity index (χ3n) is 3.83. The second-order valence-electron chi connectivity index (χ2n) is 7.42. The Kier molecular flexibility index (Phi) is 7.03. The van der Waals surface area contributed by atoms with Crippen molar-refractivity contribution in [1.29, 1.82) is 0 Å². The maximum atomic E-state index is 12.1. The molecule has 0 fully saturated rings. The molecule has 1 aromatic carbocycles. The van der Waals surface area contributed by atoms with Crippen molar-refractivity contribution in [1.82, 2.24) is 14.9 Å². The molecule has 28 heavy (non-hydrogen) atoms. The van der Waals surface area contributed by atoms with E-state index in [1.165, 1.54) is 4.57 Å². The Labute approximate surface area is 165 Å². The van der Waals surface area contributed by atoms with Crippen LogP contribution in [0.5, 0.6) is 5.75 Å². The second kappa shape index (κ2) is 9.25. The molecule has 1 amide bonds. The van der Waals surface area contributed by atoms with Crippen molar-refractivity contribution in [3.63, 3.8) is 0 Å². The number of hydrogen-bond acceptors (Lipinski definition) is 6. The third kappa shape index (κ3) is 6.61. The van der Waals surface area contributed by atoms with Crippen LogP contribution in [-0.2, 0) is 22.4 Å². The SMILES string of the molecule is COc1ccc(CC(=O)NCCCc2cn(C(=O)OC(C)(C)C)c(N)n2)cc1. The fraction of sp³-hybridized carbons (Fsp3) is 0.450. The second-order valence-corrected chi connectivity index (χ2v) is 7.42. The number of ether oxygens (including phenoxy) is 2. The Hall–Kier alpha value is -3.03. The highest BCUT2D eigenvalue weighted by molar-refractivity contribution is 5.78. The molecule has 0 spiro atoms. The summed E-state index contributed by atoms with van der Waals surface area (Å²) in [4.78, 5) is 28.3.